The van der Waals surface area contributed by atoms with E-state index in [1.165, 1.54) is 16.9 Å². The summed E-state index contributed by atoms with van der Waals surface area (Å²) in [6.45, 7) is 0.0599. The number of carbonyl (C=O) groups excluding carboxylic acids is 3. The number of carbonyl (C=O) groups is 3. The van der Waals surface area contributed by atoms with Gasteiger partial charge in [-0.1, -0.05) is 18.2 Å². The number of para-hydroxylation sites is 1. The molecule has 0 bridgehead atoms. The molecule has 0 saturated heterocycles. The van der Waals surface area contributed by atoms with E-state index in [0.29, 0.717) is 29.4 Å². The zero-order valence-electron chi connectivity index (χ0n) is 18.4. The molecule has 0 atom stereocenters. The van der Waals surface area contributed by atoms with Gasteiger partial charge < -0.3 is 25.0 Å². The highest BCUT2D eigenvalue weighted by Gasteiger charge is 2.33. The third-order valence-electron chi connectivity index (χ3n) is 5.47. The minimum atomic E-state index is -0.387. The van der Waals surface area contributed by atoms with Crippen molar-refractivity contribution in [1.29, 1.82) is 0 Å². The van der Waals surface area contributed by atoms with Gasteiger partial charge in [-0.05, 0) is 53.1 Å². The molecule has 4 rings (SSSR count). The number of nitrogens with zero attached hydrogens (tertiary/aromatic N) is 2. The van der Waals surface area contributed by atoms with Crippen molar-refractivity contribution < 1.29 is 23.9 Å². The molecule has 0 spiro atoms. The maximum atomic E-state index is 13.2. The molecule has 1 saturated carbocycles. The quantitative estimate of drug-likeness (QED) is 0.481. The minimum absolute atomic E-state index is 0.0493. The molecule has 4 amide bonds. The van der Waals surface area contributed by atoms with Crippen molar-refractivity contribution in [2.24, 2.45) is 0 Å². The van der Waals surface area contributed by atoms with Crippen LogP contribution in [-0.2, 0) is 16.1 Å². The molecule has 2 aromatic carbocycles. The number of amides is 4. The number of halogens is 1. The first-order chi connectivity index (χ1) is 15.9. The number of fused-ring (bicyclic) bond motifs is 1. The zero-order chi connectivity index (χ0) is 23.5. The number of anilines is 2. The molecule has 2 aromatic rings. The van der Waals surface area contributed by atoms with E-state index in [1.807, 2.05) is 18.2 Å². The van der Waals surface area contributed by atoms with Crippen molar-refractivity contribution in [2.75, 3.05) is 37.5 Å². The highest BCUT2D eigenvalue weighted by Crippen LogP contribution is 2.34. The number of benzene rings is 2. The molecule has 9 nitrogen and oxygen atoms in total. The number of urea groups is 1. The van der Waals surface area contributed by atoms with Gasteiger partial charge in [0.2, 0.25) is 11.8 Å². The van der Waals surface area contributed by atoms with Crippen molar-refractivity contribution in [2.45, 2.75) is 25.4 Å². The summed E-state index contributed by atoms with van der Waals surface area (Å²) in [5.41, 5.74) is 2.01. The fourth-order valence-corrected chi connectivity index (χ4v) is 4.38. The average Bonchev–Trinajstić information content (AvgIpc) is 3.60. The molecule has 174 valence electrons. The van der Waals surface area contributed by atoms with Crippen LogP contribution in [0.1, 0.15) is 18.4 Å². The van der Waals surface area contributed by atoms with E-state index in [4.69, 9.17) is 9.47 Å². The van der Waals surface area contributed by atoms with E-state index in [0.717, 1.165) is 22.0 Å². The van der Waals surface area contributed by atoms with Gasteiger partial charge in [-0.2, -0.15) is 0 Å². The summed E-state index contributed by atoms with van der Waals surface area (Å²) in [6.07, 6.45) is 1.95. The van der Waals surface area contributed by atoms with Crippen molar-refractivity contribution in [3.63, 3.8) is 0 Å². The van der Waals surface area contributed by atoms with E-state index < -0.39 is 0 Å². The molecule has 1 fully saturated rings. The van der Waals surface area contributed by atoms with Crippen molar-refractivity contribution >= 4 is 51.8 Å². The predicted molar refractivity (Wildman–Crippen MR) is 132 cm³/mol. The first kappa shape index (κ1) is 23.1. The predicted octanol–water partition coefficient (Wildman–Crippen LogP) is 2.97. The maximum Gasteiger partial charge on any atom is 0.325 e. The third-order valence-corrected chi connectivity index (χ3v) is 6.31. The molecule has 1 heterocycles. The van der Waals surface area contributed by atoms with Crippen LogP contribution < -0.4 is 25.0 Å². The summed E-state index contributed by atoms with van der Waals surface area (Å²) < 4.78 is 11.5. The summed E-state index contributed by atoms with van der Waals surface area (Å²) in [7, 11) is 3.07. The smallest absolute Gasteiger partial charge is 0.325 e. The first-order valence-corrected chi connectivity index (χ1v) is 11.6. The van der Waals surface area contributed by atoms with E-state index in [9.17, 15) is 14.4 Å². The van der Waals surface area contributed by atoms with Crippen LogP contribution in [0, 0.1) is 3.57 Å². The highest BCUT2D eigenvalue weighted by molar-refractivity contribution is 14.1. The Morgan fingerprint density at radius 2 is 1.79 bits per heavy atom. The molecular weight excluding hydrogens is 539 g/mol. The third kappa shape index (κ3) is 5.32. The number of ether oxygens (including phenoxy) is 2. The van der Waals surface area contributed by atoms with Crippen LogP contribution in [0.3, 0.4) is 0 Å². The summed E-state index contributed by atoms with van der Waals surface area (Å²) in [5.74, 6) is 0.504. The Morgan fingerprint density at radius 1 is 1.06 bits per heavy atom. The van der Waals surface area contributed by atoms with Crippen LogP contribution in [0.4, 0.5) is 16.2 Å². The summed E-state index contributed by atoms with van der Waals surface area (Å²) >= 11 is 2.11. The van der Waals surface area contributed by atoms with Crippen molar-refractivity contribution in [3.05, 3.63) is 45.5 Å². The summed E-state index contributed by atoms with van der Waals surface area (Å²) in [5, 5.41) is 5.73. The Hall–Kier alpha value is -3.02. The Balaban J connectivity index is 1.52. The lowest BCUT2D eigenvalue weighted by atomic mass is 10.1. The van der Waals surface area contributed by atoms with Gasteiger partial charge in [0.25, 0.3) is 0 Å². The Bertz CT molecular complexity index is 1090. The van der Waals surface area contributed by atoms with E-state index in [-0.39, 0.29) is 37.0 Å². The minimum Gasteiger partial charge on any atom is -0.496 e. The summed E-state index contributed by atoms with van der Waals surface area (Å²) in [4.78, 5) is 41.4. The van der Waals surface area contributed by atoms with Gasteiger partial charge in [0.15, 0.2) is 0 Å². The van der Waals surface area contributed by atoms with Gasteiger partial charge in [0, 0.05) is 12.1 Å². The molecule has 2 aliphatic rings. The second-order valence-electron chi connectivity index (χ2n) is 7.93. The lowest BCUT2D eigenvalue weighted by Gasteiger charge is -2.36. The van der Waals surface area contributed by atoms with Crippen molar-refractivity contribution in [3.8, 4) is 11.5 Å². The summed E-state index contributed by atoms with van der Waals surface area (Å²) in [6, 6.07) is 10.7. The largest absolute Gasteiger partial charge is 0.496 e. The number of rotatable bonds is 8. The monoisotopic (exact) mass is 564 g/mol. The van der Waals surface area contributed by atoms with Gasteiger partial charge in [-0.15, -0.1) is 0 Å². The number of methoxy groups -OCH3 is 2. The molecule has 0 aromatic heterocycles. The molecule has 1 aliphatic carbocycles. The standard InChI is InChI=1S/C23H25IN4O5/c1-32-19-10-20(33-2)17(9-16(19)24)26-22(30)13-28-18-6-4-3-5-14(18)11-27(23(28)31)12-21(29)25-15-7-8-15/h3-6,9-10,15H,7-8,11-13H2,1-2H3,(H,25,29)(H,26,30). The van der Waals surface area contributed by atoms with Gasteiger partial charge in [0.05, 0.1) is 35.7 Å². The molecule has 0 unspecified atom stereocenters. The van der Waals surface area contributed by atoms with E-state index >= 15 is 0 Å². The van der Waals surface area contributed by atoms with Crippen LogP contribution in [0.5, 0.6) is 11.5 Å². The number of nitrogens with one attached hydrogen (secondary N) is 2. The molecule has 2 N–H and O–H groups in total. The van der Waals surface area contributed by atoms with Crippen LogP contribution in [-0.4, -0.2) is 56.1 Å². The Kier molecular flexibility index (Phi) is 6.91. The van der Waals surface area contributed by atoms with Gasteiger partial charge in [0.1, 0.15) is 24.6 Å². The fraction of sp³-hybridized carbons (Fsp3) is 0.348. The Labute approximate surface area is 205 Å². The molecule has 33 heavy (non-hydrogen) atoms. The maximum absolute atomic E-state index is 13.2. The second-order valence-corrected chi connectivity index (χ2v) is 9.09. The van der Waals surface area contributed by atoms with Crippen LogP contribution in [0.2, 0.25) is 0 Å². The Morgan fingerprint density at radius 3 is 2.48 bits per heavy atom. The number of hydrogen-bond acceptors (Lipinski definition) is 5. The van der Waals surface area contributed by atoms with Crippen molar-refractivity contribution in [1.82, 2.24) is 10.2 Å². The normalized spacial score (nSPS) is 15.1. The second kappa shape index (κ2) is 9.86. The first-order valence-electron chi connectivity index (χ1n) is 10.5. The van der Waals surface area contributed by atoms with Crippen LogP contribution in [0.15, 0.2) is 36.4 Å². The average molecular weight is 564 g/mol. The van der Waals surface area contributed by atoms with Gasteiger partial charge >= 0.3 is 6.03 Å². The molecule has 10 heteroatoms. The van der Waals surface area contributed by atoms with Crippen LogP contribution >= 0.6 is 22.6 Å². The van der Waals surface area contributed by atoms with E-state index in [2.05, 4.69) is 33.2 Å². The lowest BCUT2D eigenvalue weighted by molar-refractivity contribution is -0.121. The molecule has 1 aliphatic heterocycles. The van der Waals surface area contributed by atoms with E-state index in [1.54, 1.807) is 25.3 Å². The van der Waals surface area contributed by atoms with Gasteiger partial charge in [-0.25, -0.2) is 4.79 Å². The SMILES string of the molecule is COc1cc(OC)c(NC(=O)CN2C(=O)N(CC(=O)NC3CC3)Cc3ccccc32)cc1I. The molecule has 0 radical (unpaired) electrons. The fourth-order valence-electron chi connectivity index (χ4n) is 3.70. The topological polar surface area (TPSA) is 100 Å². The molecular formula is C23H25IN4O5. The zero-order valence-corrected chi connectivity index (χ0v) is 20.5. The van der Waals surface area contributed by atoms with Gasteiger partial charge in [-0.3, -0.25) is 14.5 Å². The van der Waals surface area contributed by atoms with Crippen LogP contribution in [0.25, 0.3) is 0 Å². The lowest BCUT2D eigenvalue weighted by Crippen LogP contribution is -2.52. The highest BCUT2D eigenvalue weighted by atomic mass is 127. The number of hydrogen-bond donors (Lipinski definition) is 2.